The molecule has 2 aliphatic heterocycles. The Morgan fingerprint density at radius 1 is 1.24 bits per heavy atom. The van der Waals surface area contributed by atoms with Gasteiger partial charge in [0.1, 0.15) is 22.6 Å². The highest BCUT2D eigenvalue weighted by molar-refractivity contribution is 6.07. The minimum atomic E-state index is -0.195. The van der Waals surface area contributed by atoms with Crippen LogP contribution >= 0.6 is 0 Å². The van der Waals surface area contributed by atoms with Gasteiger partial charge in [0.05, 0.1) is 36.1 Å². The Bertz CT molecular complexity index is 1470. The van der Waals surface area contributed by atoms with E-state index in [9.17, 15) is 9.59 Å². The van der Waals surface area contributed by atoms with Crippen LogP contribution in [-0.4, -0.2) is 58.7 Å². The highest BCUT2D eigenvalue weighted by atomic mass is 16.5. The predicted molar refractivity (Wildman–Crippen MR) is 124 cm³/mol. The Morgan fingerprint density at radius 3 is 2.82 bits per heavy atom. The van der Waals surface area contributed by atoms with Crippen LogP contribution in [0.3, 0.4) is 0 Å². The number of amides is 2. The summed E-state index contributed by atoms with van der Waals surface area (Å²) < 4.78 is 19.4. The van der Waals surface area contributed by atoms with E-state index in [0.29, 0.717) is 47.1 Å². The molecule has 5 heterocycles. The van der Waals surface area contributed by atoms with Crippen LogP contribution in [0, 0.1) is 13.8 Å². The lowest BCUT2D eigenvalue weighted by Crippen LogP contribution is -2.41. The minimum Gasteiger partial charge on any atom is -0.460 e. The van der Waals surface area contributed by atoms with E-state index in [1.54, 1.807) is 49.1 Å². The van der Waals surface area contributed by atoms with Gasteiger partial charge in [-0.05, 0) is 38.0 Å². The molecule has 34 heavy (non-hydrogen) atoms. The van der Waals surface area contributed by atoms with Gasteiger partial charge in [-0.25, -0.2) is 4.52 Å². The maximum absolute atomic E-state index is 13.3. The average Bonchev–Trinajstić information content (AvgIpc) is 3.60. The first-order chi connectivity index (χ1) is 16.4. The number of furan rings is 1. The van der Waals surface area contributed by atoms with E-state index in [-0.39, 0.29) is 24.0 Å². The van der Waals surface area contributed by atoms with Crippen molar-refractivity contribution in [1.82, 2.24) is 19.8 Å². The number of hydrogen-bond donors (Lipinski definition) is 1. The number of rotatable bonds is 4. The monoisotopic (exact) mass is 460 g/mol. The van der Waals surface area contributed by atoms with Gasteiger partial charge in [0.15, 0.2) is 5.75 Å². The van der Waals surface area contributed by atoms with Crippen molar-refractivity contribution in [3.8, 4) is 11.5 Å². The molecule has 1 N–H and O–H groups in total. The lowest BCUT2D eigenvalue weighted by atomic mass is 10.1. The third kappa shape index (κ3) is 3.07. The molecule has 2 saturated heterocycles. The molecular weight excluding hydrogens is 436 g/mol. The van der Waals surface area contributed by atoms with Gasteiger partial charge in [-0.3, -0.25) is 9.59 Å². The molecule has 0 spiro atoms. The van der Waals surface area contributed by atoms with E-state index < -0.39 is 0 Å². The number of carbonyl (C=O) groups excluding carboxylic acids is 2. The highest BCUT2D eigenvalue weighted by Crippen LogP contribution is 2.35. The van der Waals surface area contributed by atoms with Crippen LogP contribution in [0.1, 0.15) is 38.5 Å². The number of morpholine rings is 1. The van der Waals surface area contributed by atoms with Crippen LogP contribution in [0.15, 0.2) is 41.1 Å². The van der Waals surface area contributed by atoms with Crippen molar-refractivity contribution in [2.75, 3.05) is 20.2 Å². The first kappa shape index (κ1) is 20.7. The molecule has 9 heteroatoms. The predicted octanol–water partition coefficient (Wildman–Crippen LogP) is 3.46. The van der Waals surface area contributed by atoms with Crippen LogP contribution in [0.2, 0.25) is 0 Å². The molecule has 2 atom stereocenters. The summed E-state index contributed by atoms with van der Waals surface area (Å²) >= 11 is 0. The smallest absolute Gasteiger partial charge is 0.256 e. The fourth-order valence-electron chi connectivity index (χ4n) is 5.12. The highest BCUT2D eigenvalue weighted by Gasteiger charge is 2.42. The second-order valence-electron chi connectivity index (χ2n) is 8.83. The lowest BCUT2D eigenvalue weighted by molar-refractivity contribution is 0.0258. The van der Waals surface area contributed by atoms with E-state index in [1.807, 2.05) is 17.9 Å². The average molecular weight is 460 g/mol. The summed E-state index contributed by atoms with van der Waals surface area (Å²) in [6.07, 6.45) is 4.45. The number of ether oxygens (including phenoxy) is 2. The maximum Gasteiger partial charge on any atom is 0.256 e. The molecule has 9 nitrogen and oxygen atoms in total. The normalized spacial score (nSPS) is 19.3. The van der Waals surface area contributed by atoms with Crippen molar-refractivity contribution >= 4 is 28.3 Å². The zero-order valence-electron chi connectivity index (χ0n) is 19.1. The Morgan fingerprint density at radius 2 is 2.09 bits per heavy atom. The number of aryl methyl sites for hydroxylation is 2. The molecule has 2 aliphatic rings. The molecule has 2 bridgehead atoms. The van der Waals surface area contributed by atoms with Crippen LogP contribution < -0.4 is 10.1 Å². The third-order valence-electron chi connectivity index (χ3n) is 6.80. The van der Waals surface area contributed by atoms with Gasteiger partial charge in [0.25, 0.3) is 11.8 Å². The van der Waals surface area contributed by atoms with Gasteiger partial charge >= 0.3 is 0 Å². The molecule has 0 radical (unpaired) electrons. The summed E-state index contributed by atoms with van der Waals surface area (Å²) in [7, 11) is 1.59. The summed E-state index contributed by atoms with van der Waals surface area (Å²) in [5.74, 6) is 1.48. The van der Waals surface area contributed by atoms with Crippen molar-refractivity contribution in [1.29, 1.82) is 0 Å². The number of benzene rings is 1. The Balaban J connectivity index is 1.35. The Hall–Kier alpha value is -3.85. The molecule has 0 saturated carbocycles. The standard InChI is InChI=1S/C25H24N4O5/c1-13-19(25(31)28-10-17-8-15(28)12-32-17)11-29-23(13)20(6-7-27-29)34-16-4-5-18-21(9-16)33-14(2)22(18)24(30)26-3/h4-7,9,11,15,17H,8,10,12H2,1-3H3,(H,26,30)/t15-,17-/m0/s1. The summed E-state index contributed by atoms with van der Waals surface area (Å²) in [5, 5.41) is 7.76. The molecular formula is C25H24N4O5. The van der Waals surface area contributed by atoms with Crippen molar-refractivity contribution in [2.45, 2.75) is 32.4 Å². The molecule has 1 aromatic carbocycles. The maximum atomic E-state index is 13.3. The van der Waals surface area contributed by atoms with Gasteiger partial charge in [-0.1, -0.05) is 0 Å². The van der Waals surface area contributed by atoms with E-state index in [2.05, 4.69) is 10.4 Å². The quantitative estimate of drug-likeness (QED) is 0.501. The number of fused-ring (bicyclic) bond motifs is 4. The third-order valence-corrected chi connectivity index (χ3v) is 6.80. The molecule has 2 amide bonds. The molecule has 174 valence electrons. The summed E-state index contributed by atoms with van der Waals surface area (Å²) in [5.41, 5.74) is 3.24. The van der Waals surface area contributed by atoms with Crippen LogP contribution in [-0.2, 0) is 4.74 Å². The number of nitrogens with one attached hydrogen (secondary N) is 1. The van der Waals surface area contributed by atoms with Crippen molar-refractivity contribution < 1.29 is 23.5 Å². The number of nitrogens with zero attached hydrogens (tertiary/aromatic N) is 3. The van der Waals surface area contributed by atoms with Crippen molar-refractivity contribution in [2.24, 2.45) is 0 Å². The van der Waals surface area contributed by atoms with E-state index >= 15 is 0 Å². The molecule has 2 fully saturated rings. The van der Waals surface area contributed by atoms with Gasteiger partial charge < -0.3 is 24.1 Å². The molecule has 6 rings (SSSR count). The fourth-order valence-corrected chi connectivity index (χ4v) is 5.12. The number of aromatic nitrogens is 2. The van der Waals surface area contributed by atoms with E-state index in [0.717, 1.165) is 22.9 Å². The van der Waals surface area contributed by atoms with Gasteiger partial charge in [0.2, 0.25) is 0 Å². The van der Waals surface area contributed by atoms with Gasteiger partial charge in [-0.2, -0.15) is 5.10 Å². The Kier molecular flexibility index (Phi) is 4.63. The van der Waals surface area contributed by atoms with Crippen LogP contribution in [0.5, 0.6) is 11.5 Å². The zero-order chi connectivity index (χ0) is 23.6. The van der Waals surface area contributed by atoms with Crippen LogP contribution in [0.4, 0.5) is 0 Å². The van der Waals surface area contributed by atoms with Gasteiger partial charge in [-0.15, -0.1) is 0 Å². The summed E-state index contributed by atoms with van der Waals surface area (Å²) in [4.78, 5) is 27.4. The molecule has 3 aromatic heterocycles. The summed E-state index contributed by atoms with van der Waals surface area (Å²) in [6.45, 7) is 4.91. The molecule has 4 aromatic rings. The first-order valence-electron chi connectivity index (χ1n) is 11.3. The zero-order valence-corrected chi connectivity index (χ0v) is 19.1. The first-order valence-corrected chi connectivity index (χ1v) is 11.3. The number of likely N-dealkylation sites (tertiary alicyclic amines) is 1. The summed E-state index contributed by atoms with van der Waals surface area (Å²) in [6, 6.07) is 7.29. The molecule has 0 unspecified atom stereocenters. The second-order valence-corrected chi connectivity index (χ2v) is 8.83. The van der Waals surface area contributed by atoms with E-state index in [1.165, 1.54) is 0 Å². The SMILES string of the molecule is CNC(=O)c1c(C)oc2cc(Oc3ccnn4cc(C(=O)N5C[C@@H]6C[C@H]5CO6)c(C)c34)ccc12. The van der Waals surface area contributed by atoms with Gasteiger partial charge in [0, 0.05) is 37.3 Å². The number of carbonyl (C=O) groups is 2. The lowest BCUT2D eigenvalue weighted by Gasteiger charge is -2.26. The second kappa shape index (κ2) is 7.59. The minimum absolute atomic E-state index is 0.000962. The Labute approximate surface area is 195 Å². The van der Waals surface area contributed by atoms with Crippen molar-refractivity contribution in [3.63, 3.8) is 0 Å². The fraction of sp³-hybridized carbons (Fsp3) is 0.320. The van der Waals surface area contributed by atoms with E-state index in [4.69, 9.17) is 13.9 Å². The largest absolute Gasteiger partial charge is 0.460 e. The molecule has 0 aliphatic carbocycles. The van der Waals surface area contributed by atoms with Crippen molar-refractivity contribution in [3.05, 3.63) is 59.1 Å². The number of hydrogen-bond acceptors (Lipinski definition) is 6. The topological polar surface area (TPSA) is 98.3 Å². The van der Waals surface area contributed by atoms with Crippen LogP contribution in [0.25, 0.3) is 16.5 Å².